The Morgan fingerprint density at radius 1 is 1.12 bits per heavy atom. The van der Waals surface area contributed by atoms with E-state index < -0.39 is 0 Å². The first-order chi connectivity index (χ1) is 12.4. The maximum Gasteiger partial charge on any atom is 0.165 e. The van der Waals surface area contributed by atoms with Gasteiger partial charge in [-0.25, -0.2) is 9.97 Å². The van der Waals surface area contributed by atoms with Gasteiger partial charge in [0.1, 0.15) is 11.6 Å². The second kappa shape index (κ2) is 7.70. The minimum absolute atomic E-state index is 0.0551. The zero-order valence-corrected chi connectivity index (χ0v) is 15.5. The van der Waals surface area contributed by atoms with Crippen molar-refractivity contribution in [3.05, 3.63) is 48.0 Å². The smallest absolute Gasteiger partial charge is 0.165 e. The van der Waals surface area contributed by atoms with E-state index in [2.05, 4.69) is 29.1 Å². The number of para-hydroxylation sites is 1. The summed E-state index contributed by atoms with van der Waals surface area (Å²) in [7, 11) is 0. The Labute approximate surface area is 154 Å². The predicted octanol–water partition coefficient (Wildman–Crippen LogP) is 4.10. The van der Waals surface area contributed by atoms with Gasteiger partial charge in [0, 0.05) is 18.0 Å². The molecule has 1 atom stereocenters. The molecule has 5 nitrogen and oxygen atoms in total. The van der Waals surface area contributed by atoms with Crippen LogP contribution in [0.5, 0.6) is 5.75 Å². The Morgan fingerprint density at radius 3 is 2.65 bits per heavy atom. The van der Waals surface area contributed by atoms with Gasteiger partial charge < -0.3 is 16.2 Å². The van der Waals surface area contributed by atoms with Crippen molar-refractivity contribution in [3.63, 3.8) is 0 Å². The molecule has 1 unspecified atom stereocenters. The Bertz CT molecular complexity index is 908. The highest BCUT2D eigenvalue weighted by Crippen LogP contribution is 2.30. The predicted molar refractivity (Wildman–Crippen MR) is 107 cm³/mol. The summed E-state index contributed by atoms with van der Waals surface area (Å²) < 4.78 is 0. The number of rotatable bonds is 6. The lowest BCUT2D eigenvalue weighted by Crippen LogP contribution is -2.30. The quantitative estimate of drug-likeness (QED) is 0.623. The summed E-state index contributed by atoms with van der Waals surface area (Å²) in [6.45, 7) is 6.95. The molecule has 0 amide bonds. The van der Waals surface area contributed by atoms with Gasteiger partial charge in [0.05, 0.1) is 11.1 Å². The molecule has 0 fully saturated rings. The largest absolute Gasteiger partial charge is 0.507 e. The molecule has 3 aromatic rings. The summed E-state index contributed by atoms with van der Waals surface area (Å²) in [5.74, 6) is 1.97. The number of anilines is 1. The molecule has 0 bridgehead atoms. The van der Waals surface area contributed by atoms with E-state index in [1.165, 1.54) is 0 Å². The van der Waals surface area contributed by atoms with Gasteiger partial charge >= 0.3 is 0 Å². The van der Waals surface area contributed by atoms with Gasteiger partial charge in [0.2, 0.25) is 0 Å². The van der Waals surface area contributed by atoms with Gasteiger partial charge in [-0.15, -0.1) is 0 Å². The number of phenols is 1. The van der Waals surface area contributed by atoms with Gasteiger partial charge in [0.15, 0.2) is 5.82 Å². The fourth-order valence-electron chi connectivity index (χ4n) is 3.08. The number of benzene rings is 2. The molecular formula is C21H26N4O. The van der Waals surface area contributed by atoms with Crippen LogP contribution in [0.2, 0.25) is 0 Å². The SMILES string of the molecule is Cc1ccc(O)c(-c2nc(NCC(N)CC(C)C)c3ccccc3n2)c1. The Balaban J connectivity index is 2.00. The highest BCUT2D eigenvalue weighted by atomic mass is 16.3. The Hall–Kier alpha value is -2.66. The van der Waals surface area contributed by atoms with Crippen LogP contribution in [0.4, 0.5) is 5.82 Å². The van der Waals surface area contributed by atoms with Crippen LogP contribution in [-0.2, 0) is 0 Å². The molecule has 0 saturated heterocycles. The Morgan fingerprint density at radius 2 is 1.88 bits per heavy atom. The number of nitrogens with two attached hydrogens (primary N) is 1. The summed E-state index contributed by atoms with van der Waals surface area (Å²) in [5.41, 5.74) is 8.72. The molecule has 136 valence electrons. The molecule has 26 heavy (non-hydrogen) atoms. The molecule has 2 aromatic carbocycles. The zero-order valence-electron chi connectivity index (χ0n) is 15.5. The molecule has 1 aromatic heterocycles. The molecule has 4 N–H and O–H groups in total. The lowest BCUT2D eigenvalue weighted by atomic mass is 10.0. The summed E-state index contributed by atoms with van der Waals surface area (Å²) in [5, 5.41) is 14.6. The average Bonchev–Trinajstić information content (AvgIpc) is 2.61. The van der Waals surface area contributed by atoms with Crippen LogP contribution >= 0.6 is 0 Å². The minimum Gasteiger partial charge on any atom is -0.507 e. The standard InChI is InChI=1S/C21H26N4O/c1-13(2)10-15(22)12-23-20-16-6-4-5-7-18(16)24-21(25-20)17-11-14(3)8-9-19(17)26/h4-9,11,13,15,26H,10,12,22H2,1-3H3,(H,23,24,25). The van der Waals surface area contributed by atoms with E-state index in [-0.39, 0.29) is 11.8 Å². The summed E-state index contributed by atoms with van der Waals surface area (Å²) in [4.78, 5) is 9.33. The van der Waals surface area contributed by atoms with Gasteiger partial charge in [-0.2, -0.15) is 0 Å². The highest BCUT2D eigenvalue weighted by molar-refractivity contribution is 5.90. The van der Waals surface area contributed by atoms with Gasteiger partial charge in [-0.1, -0.05) is 37.6 Å². The molecule has 0 aliphatic heterocycles. The van der Waals surface area contributed by atoms with Crippen LogP contribution in [0.25, 0.3) is 22.3 Å². The fourth-order valence-corrected chi connectivity index (χ4v) is 3.08. The number of hydrogen-bond acceptors (Lipinski definition) is 5. The number of nitrogens with one attached hydrogen (secondary N) is 1. The first-order valence-corrected chi connectivity index (χ1v) is 9.00. The number of hydrogen-bond donors (Lipinski definition) is 3. The van der Waals surface area contributed by atoms with Crippen LogP contribution in [0.15, 0.2) is 42.5 Å². The summed E-state index contributed by atoms with van der Waals surface area (Å²) in [6.07, 6.45) is 0.946. The minimum atomic E-state index is 0.0551. The number of aryl methyl sites for hydroxylation is 1. The van der Waals surface area contributed by atoms with Gasteiger partial charge in [0.25, 0.3) is 0 Å². The Kier molecular flexibility index (Phi) is 5.38. The molecule has 3 rings (SSSR count). The van der Waals surface area contributed by atoms with E-state index in [1.54, 1.807) is 6.07 Å². The zero-order chi connectivity index (χ0) is 18.7. The van der Waals surface area contributed by atoms with Crippen LogP contribution in [0, 0.1) is 12.8 Å². The van der Waals surface area contributed by atoms with E-state index >= 15 is 0 Å². The van der Waals surface area contributed by atoms with E-state index in [0.717, 1.165) is 28.7 Å². The number of aromatic nitrogens is 2. The number of aromatic hydroxyl groups is 1. The van der Waals surface area contributed by atoms with Crippen LogP contribution < -0.4 is 11.1 Å². The van der Waals surface area contributed by atoms with Gasteiger partial charge in [-0.05, 0) is 43.5 Å². The summed E-state index contributed by atoms with van der Waals surface area (Å²) >= 11 is 0. The van der Waals surface area contributed by atoms with E-state index in [4.69, 9.17) is 5.73 Å². The van der Waals surface area contributed by atoms with Crippen LogP contribution in [0.1, 0.15) is 25.8 Å². The third-order valence-electron chi connectivity index (χ3n) is 4.30. The number of fused-ring (bicyclic) bond motifs is 1. The maximum atomic E-state index is 10.2. The van der Waals surface area contributed by atoms with E-state index in [1.807, 2.05) is 43.3 Å². The number of nitrogens with zero attached hydrogens (tertiary/aromatic N) is 2. The normalized spacial score (nSPS) is 12.5. The third kappa shape index (κ3) is 4.11. The average molecular weight is 350 g/mol. The maximum absolute atomic E-state index is 10.2. The van der Waals surface area contributed by atoms with Crippen molar-refractivity contribution in [1.82, 2.24) is 9.97 Å². The molecular weight excluding hydrogens is 324 g/mol. The molecule has 0 aliphatic carbocycles. The van der Waals surface area contributed by atoms with Crippen molar-refractivity contribution in [2.24, 2.45) is 11.7 Å². The van der Waals surface area contributed by atoms with Crippen LogP contribution in [0.3, 0.4) is 0 Å². The molecule has 5 heteroatoms. The molecule has 0 saturated carbocycles. The lowest BCUT2D eigenvalue weighted by Gasteiger charge is -2.17. The third-order valence-corrected chi connectivity index (χ3v) is 4.30. The monoisotopic (exact) mass is 350 g/mol. The van der Waals surface area contributed by atoms with Gasteiger partial charge in [-0.3, -0.25) is 0 Å². The van der Waals surface area contributed by atoms with Crippen molar-refractivity contribution in [2.75, 3.05) is 11.9 Å². The fraction of sp³-hybridized carbons (Fsp3) is 0.333. The second-order valence-corrected chi connectivity index (χ2v) is 7.20. The summed E-state index contributed by atoms with van der Waals surface area (Å²) in [6, 6.07) is 13.3. The highest BCUT2D eigenvalue weighted by Gasteiger charge is 2.13. The first-order valence-electron chi connectivity index (χ1n) is 9.00. The van der Waals surface area contributed by atoms with Crippen molar-refractivity contribution < 1.29 is 5.11 Å². The lowest BCUT2D eigenvalue weighted by molar-refractivity contribution is 0.476. The first kappa shape index (κ1) is 18.1. The van der Waals surface area contributed by atoms with E-state index in [9.17, 15) is 5.11 Å². The molecule has 0 spiro atoms. The molecule has 0 aliphatic rings. The second-order valence-electron chi connectivity index (χ2n) is 7.20. The topological polar surface area (TPSA) is 84.1 Å². The number of phenolic OH excluding ortho intramolecular Hbond substituents is 1. The van der Waals surface area contributed by atoms with Crippen molar-refractivity contribution in [3.8, 4) is 17.1 Å². The van der Waals surface area contributed by atoms with E-state index in [0.29, 0.717) is 23.9 Å². The van der Waals surface area contributed by atoms with Crippen molar-refractivity contribution in [1.29, 1.82) is 0 Å². The molecule has 1 heterocycles. The van der Waals surface area contributed by atoms with Crippen molar-refractivity contribution in [2.45, 2.75) is 33.2 Å². The van der Waals surface area contributed by atoms with Crippen molar-refractivity contribution >= 4 is 16.7 Å². The van der Waals surface area contributed by atoms with Crippen LogP contribution in [-0.4, -0.2) is 27.7 Å². The molecule has 0 radical (unpaired) electrons.